The van der Waals surface area contributed by atoms with E-state index in [1.54, 1.807) is 6.07 Å². The van der Waals surface area contributed by atoms with Crippen LogP contribution in [-0.4, -0.2) is 14.2 Å². The van der Waals surface area contributed by atoms with E-state index in [1.165, 1.54) is 11.1 Å². The highest BCUT2D eigenvalue weighted by Gasteiger charge is 2.17. The third kappa shape index (κ3) is 2.07. The molecule has 1 aromatic carbocycles. The summed E-state index contributed by atoms with van der Waals surface area (Å²) in [5, 5.41) is 0. The molecule has 0 atom stereocenters. The second-order valence-electron chi connectivity index (χ2n) is 4.10. The molecule has 0 amide bonds. The second-order valence-corrected chi connectivity index (χ2v) is 6.21. The number of hydrogen-bond donors (Lipinski definition) is 0. The predicted molar refractivity (Wildman–Crippen MR) is 60.8 cm³/mol. The van der Waals surface area contributed by atoms with Gasteiger partial charge in [-0.3, -0.25) is 0 Å². The lowest BCUT2D eigenvalue weighted by Crippen LogP contribution is -2.06. The van der Waals surface area contributed by atoms with Gasteiger partial charge >= 0.3 is 0 Å². The zero-order valence-corrected chi connectivity index (χ0v) is 9.81. The molecule has 1 aromatic rings. The number of rotatable bonds is 3. The molecule has 2 rings (SSSR count). The first-order chi connectivity index (χ1) is 7.13. The molecule has 0 heterocycles. The van der Waals surface area contributed by atoms with E-state index in [2.05, 4.69) is 0 Å². The second kappa shape index (κ2) is 3.97. The fraction of sp³-hybridized carbons (Fsp3) is 0.500. The van der Waals surface area contributed by atoms with E-state index in [0.717, 1.165) is 19.3 Å². The van der Waals surface area contributed by atoms with Crippen LogP contribution in [0.1, 0.15) is 30.9 Å². The van der Waals surface area contributed by atoms with Crippen molar-refractivity contribution in [2.75, 3.05) is 5.75 Å². The van der Waals surface area contributed by atoms with Crippen molar-refractivity contribution < 1.29 is 8.42 Å². The van der Waals surface area contributed by atoms with Gasteiger partial charge in [-0.05, 0) is 48.9 Å². The average Bonchev–Trinajstić information content (AvgIpc) is 2.63. The van der Waals surface area contributed by atoms with Crippen LogP contribution in [0.5, 0.6) is 0 Å². The Bertz CT molecular complexity index is 461. The Kier molecular flexibility index (Phi) is 2.83. The van der Waals surface area contributed by atoms with Gasteiger partial charge in [0.05, 0.1) is 10.6 Å². The number of aryl methyl sites for hydroxylation is 2. The topological polar surface area (TPSA) is 34.1 Å². The Morgan fingerprint density at radius 3 is 2.67 bits per heavy atom. The molecule has 0 saturated heterocycles. The lowest BCUT2D eigenvalue weighted by Gasteiger charge is -2.05. The molecule has 0 bridgehead atoms. The van der Waals surface area contributed by atoms with Crippen LogP contribution in [-0.2, 0) is 22.7 Å². The van der Waals surface area contributed by atoms with E-state index < -0.39 is 9.84 Å². The molecule has 0 radical (unpaired) electrons. The summed E-state index contributed by atoms with van der Waals surface area (Å²) in [5.74, 6) is 0.256. The third-order valence-electron chi connectivity index (χ3n) is 2.90. The fourth-order valence-corrected chi connectivity index (χ4v) is 3.50. The van der Waals surface area contributed by atoms with Crippen molar-refractivity contribution in [3.05, 3.63) is 29.3 Å². The molecule has 0 fully saturated rings. The first-order valence-electron chi connectivity index (χ1n) is 5.48. The van der Waals surface area contributed by atoms with Gasteiger partial charge in [-0.1, -0.05) is 13.0 Å². The van der Waals surface area contributed by atoms with Crippen molar-refractivity contribution in [2.45, 2.75) is 37.5 Å². The van der Waals surface area contributed by atoms with E-state index in [1.807, 2.05) is 19.1 Å². The maximum Gasteiger partial charge on any atom is 0.178 e. The molecule has 82 valence electrons. The summed E-state index contributed by atoms with van der Waals surface area (Å²) < 4.78 is 23.7. The number of benzene rings is 1. The van der Waals surface area contributed by atoms with Crippen LogP contribution >= 0.6 is 0 Å². The normalized spacial score (nSPS) is 15.3. The summed E-state index contributed by atoms with van der Waals surface area (Å²) >= 11 is 0. The van der Waals surface area contributed by atoms with E-state index in [0.29, 0.717) is 11.3 Å². The van der Waals surface area contributed by atoms with Crippen LogP contribution in [0.15, 0.2) is 23.1 Å². The summed E-state index contributed by atoms with van der Waals surface area (Å²) in [7, 11) is -3.03. The van der Waals surface area contributed by atoms with Gasteiger partial charge in [-0.2, -0.15) is 0 Å². The average molecular weight is 224 g/mol. The molecule has 0 saturated carbocycles. The van der Waals surface area contributed by atoms with Crippen molar-refractivity contribution in [2.24, 2.45) is 0 Å². The Balaban J connectivity index is 2.38. The summed E-state index contributed by atoms with van der Waals surface area (Å²) in [4.78, 5) is 0.505. The molecular weight excluding hydrogens is 208 g/mol. The fourth-order valence-electron chi connectivity index (χ4n) is 2.13. The third-order valence-corrected chi connectivity index (χ3v) is 4.82. The highest BCUT2D eigenvalue weighted by molar-refractivity contribution is 7.91. The van der Waals surface area contributed by atoms with Crippen LogP contribution in [0, 0.1) is 0 Å². The maximum absolute atomic E-state index is 11.8. The zero-order valence-electron chi connectivity index (χ0n) is 8.99. The van der Waals surface area contributed by atoms with E-state index in [-0.39, 0.29) is 5.75 Å². The standard InChI is InChI=1S/C12H16O2S/c1-2-8-15(13,14)12-7-6-10-4-3-5-11(10)9-12/h6-7,9H,2-5,8H2,1H3. The van der Waals surface area contributed by atoms with E-state index in [4.69, 9.17) is 0 Å². The van der Waals surface area contributed by atoms with Gasteiger partial charge in [0.15, 0.2) is 9.84 Å². The van der Waals surface area contributed by atoms with Crippen LogP contribution in [0.2, 0.25) is 0 Å². The quantitative estimate of drug-likeness (QED) is 0.790. The summed E-state index contributed by atoms with van der Waals surface area (Å²) in [6, 6.07) is 5.60. The lowest BCUT2D eigenvalue weighted by atomic mass is 10.1. The monoisotopic (exact) mass is 224 g/mol. The van der Waals surface area contributed by atoms with Crippen molar-refractivity contribution in [3.63, 3.8) is 0 Å². The van der Waals surface area contributed by atoms with Gasteiger partial charge in [0, 0.05) is 0 Å². The van der Waals surface area contributed by atoms with Gasteiger partial charge in [-0.25, -0.2) is 8.42 Å². The highest BCUT2D eigenvalue weighted by Crippen LogP contribution is 2.25. The minimum atomic E-state index is -3.03. The Labute approximate surface area is 91.2 Å². The molecule has 2 nitrogen and oxygen atoms in total. The first kappa shape index (κ1) is 10.7. The van der Waals surface area contributed by atoms with E-state index in [9.17, 15) is 8.42 Å². The molecule has 3 heteroatoms. The zero-order chi connectivity index (χ0) is 10.9. The SMILES string of the molecule is CCCS(=O)(=O)c1ccc2c(c1)CCC2. The van der Waals surface area contributed by atoms with Gasteiger partial charge in [0.1, 0.15) is 0 Å². The van der Waals surface area contributed by atoms with Crippen molar-refractivity contribution >= 4 is 9.84 Å². The van der Waals surface area contributed by atoms with Gasteiger partial charge in [0.2, 0.25) is 0 Å². The van der Waals surface area contributed by atoms with Crippen LogP contribution < -0.4 is 0 Å². The van der Waals surface area contributed by atoms with Crippen LogP contribution in [0.4, 0.5) is 0 Å². The van der Waals surface area contributed by atoms with E-state index >= 15 is 0 Å². The Morgan fingerprint density at radius 1 is 1.20 bits per heavy atom. The molecule has 0 spiro atoms. The first-order valence-corrected chi connectivity index (χ1v) is 7.13. The molecule has 0 aromatic heterocycles. The van der Waals surface area contributed by atoms with Gasteiger partial charge < -0.3 is 0 Å². The van der Waals surface area contributed by atoms with Gasteiger partial charge in [0.25, 0.3) is 0 Å². The minimum Gasteiger partial charge on any atom is -0.224 e. The summed E-state index contributed by atoms with van der Waals surface area (Å²) in [6.45, 7) is 1.89. The maximum atomic E-state index is 11.8. The summed E-state index contributed by atoms with van der Waals surface area (Å²) in [6.07, 6.45) is 3.97. The number of sulfone groups is 1. The van der Waals surface area contributed by atoms with Gasteiger partial charge in [-0.15, -0.1) is 0 Å². The minimum absolute atomic E-state index is 0.256. The van der Waals surface area contributed by atoms with Crippen molar-refractivity contribution in [1.82, 2.24) is 0 Å². The molecule has 15 heavy (non-hydrogen) atoms. The molecule has 1 aliphatic rings. The molecule has 0 aliphatic heterocycles. The molecular formula is C12H16O2S. The Morgan fingerprint density at radius 2 is 1.93 bits per heavy atom. The van der Waals surface area contributed by atoms with Crippen LogP contribution in [0.25, 0.3) is 0 Å². The predicted octanol–water partition coefficient (Wildman–Crippen LogP) is 2.36. The number of hydrogen-bond acceptors (Lipinski definition) is 2. The lowest BCUT2D eigenvalue weighted by molar-refractivity contribution is 0.594. The smallest absolute Gasteiger partial charge is 0.178 e. The molecule has 0 N–H and O–H groups in total. The highest BCUT2D eigenvalue weighted by atomic mass is 32.2. The largest absolute Gasteiger partial charge is 0.224 e. The van der Waals surface area contributed by atoms with Crippen LogP contribution in [0.3, 0.4) is 0 Å². The number of fused-ring (bicyclic) bond motifs is 1. The molecule has 0 unspecified atom stereocenters. The van der Waals surface area contributed by atoms with Crippen molar-refractivity contribution in [1.29, 1.82) is 0 Å². The summed E-state index contributed by atoms with van der Waals surface area (Å²) in [5.41, 5.74) is 2.55. The molecule has 1 aliphatic carbocycles. The Hall–Kier alpha value is -0.830. The van der Waals surface area contributed by atoms with Crippen molar-refractivity contribution in [3.8, 4) is 0 Å².